The molecular formula is C21H31N5S. The molecule has 0 amide bonds. The fourth-order valence-corrected chi connectivity index (χ4v) is 5.27. The molecule has 0 radical (unpaired) electrons. The summed E-state index contributed by atoms with van der Waals surface area (Å²) in [6.07, 6.45) is 0. The molecule has 4 bridgehead atoms. The zero-order valence-corrected chi connectivity index (χ0v) is 17.4. The van der Waals surface area contributed by atoms with Gasteiger partial charge in [0.15, 0.2) is 5.11 Å². The maximum Gasteiger partial charge on any atom is 0.187 e. The van der Waals surface area contributed by atoms with Crippen molar-refractivity contribution >= 4 is 23.0 Å². The van der Waals surface area contributed by atoms with Crippen molar-refractivity contribution < 1.29 is 0 Å². The summed E-state index contributed by atoms with van der Waals surface area (Å²) in [5.41, 5.74) is 5.89. The highest BCUT2D eigenvalue weighted by Crippen LogP contribution is 2.43. The molecule has 3 unspecified atom stereocenters. The fraction of sp³-hybridized carbons (Fsp3) is 0.619. The van der Waals surface area contributed by atoms with Gasteiger partial charge in [0.2, 0.25) is 0 Å². The maximum atomic E-state index is 5.54. The Morgan fingerprint density at radius 2 is 1.74 bits per heavy atom. The van der Waals surface area contributed by atoms with Crippen molar-refractivity contribution in [1.82, 2.24) is 20.5 Å². The number of hydrazone groups is 1. The molecule has 146 valence electrons. The number of piperidine rings is 2. The van der Waals surface area contributed by atoms with Crippen molar-refractivity contribution in [3.63, 3.8) is 0 Å². The first-order valence-electron chi connectivity index (χ1n) is 10.1. The third kappa shape index (κ3) is 3.62. The molecule has 27 heavy (non-hydrogen) atoms. The number of nitrogens with one attached hydrogen (secondary N) is 2. The summed E-state index contributed by atoms with van der Waals surface area (Å²) in [4.78, 5) is 5.29. The van der Waals surface area contributed by atoms with Crippen LogP contribution in [0, 0.1) is 17.3 Å². The second kappa shape index (κ2) is 7.49. The molecule has 4 fully saturated rings. The normalized spacial score (nSPS) is 34.5. The molecule has 1 aromatic carbocycles. The van der Waals surface area contributed by atoms with Gasteiger partial charge in [0.05, 0.1) is 11.8 Å². The van der Waals surface area contributed by atoms with Crippen LogP contribution in [0.3, 0.4) is 0 Å². The number of hydrogen-bond donors (Lipinski definition) is 2. The van der Waals surface area contributed by atoms with Crippen molar-refractivity contribution in [3.05, 3.63) is 35.9 Å². The summed E-state index contributed by atoms with van der Waals surface area (Å²) in [6, 6.07) is 10.5. The Balaban J connectivity index is 1.48. The number of rotatable bonds is 4. The Bertz CT molecular complexity index is 701. The molecule has 4 aliphatic heterocycles. The third-order valence-electron chi connectivity index (χ3n) is 6.63. The number of fused-ring (bicyclic) bond motifs is 1. The molecule has 0 aromatic heterocycles. The van der Waals surface area contributed by atoms with E-state index in [0.717, 1.165) is 26.2 Å². The zero-order chi connectivity index (χ0) is 19.0. The minimum atomic E-state index is 0.144. The minimum absolute atomic E-state index is 0.144. The van der Waals surface area contributed by atoms with Crippen molar-refractivity contribution in [2.45, 2.75) is 26.8 Å². The largest absolute Gasteiger partial charge is 0.355 e. The monoisotopic (exact) mass is 385 g/mol. The van der Waals surface area contributed by atoms with E-state index in [1.54, 1.807) is 0 Å². The Labute approximate surface area is 168 Å². The van der Waals surface area contributed by atoms with Crippen molar-refractivity contribution in [1.29, 1.82) is 0 Å². The van der Waals surface area contributed by atoms with Gasteiger partial charge in [0.1, 0.15) is 0 Å². The van der Waals surface area contributed by atoms with Gasteiger partial charge in [-0.3, -0.25) is 5.43 Å². The first-order valence-corrected chi connectivity index (χ1v) is 10.5. The van der Waals surface area contributed by atoms with Gasteiger partial charge in [0.25, 0.3) is 0 Å². The topological polar surface area (TPSA) is 42.9 Å². The molecule has 4 saturated heterocycles. The van der Waals surface area contributed by atoms with Crippen LogP contribution in [-0.2, 0) is 0 Å². The van der Waals surface area contributed by atoms with Gasteiger partial charge < -0.3 is 15.1 Å². The number of thiocarbonyl (C=S) groups is 1. The standard InChI is InChI=1S/C21H31N5S/c1-15(2)21-13-25-9-10-26(14-21)12-18(11-25)19(21)23-24-20(27)22-16(3)17-7-5-4-6-8-17/h4-8,15-16,18H,9-14H2,1-3H3,(H2,22,24,27). The smallest absolute Gasteiger partial charge is 0.187 e. The van der Waals surface area contributed by atoms with Crippen LogP contribution in [0.1, 0.15) is 32.4 Å². The summed E-state index contributed by atoms with van der Waals surface area (Å²) in [5, 5.41) is 8.88. The summed E-state index contributed by atoms with van der Waals surface area (Å²) in [7, 11) is 0. The zero-order valence-electron chi connectivity index (χ0n) is 16.6. The molecule has 1 aromatic rings. The van der Waals surface area contributed by atoms with Crippen LogP contribution in [0.25, 0.3) is 0 Å². The van der Waals surface area contributed by atoms with Crippen molar-refractivity contribution in [2.75, 3.05) is 39.3 Å². The second-order valence-corrected chi connectivity index (χ2v) is 9.10. The van der Waals surface area contributed by atoms with Gasteiger partial charge in [-0.25, -0.2) is 0 Å². The summed E-state index contributed by atoms with van der Waals surface area (Å²) in [5.74, 6) is 1.08. The second-order valence-electron chi connectivity index (χ2n) is 8.69. The quantitative estimate of drug-likeness (QED) is 0.616. The van der Waals surface area contributed by atoms with E-state index in [1.807, 2.05) is 6.07 Å². The maximum absolute atomic E-state index is 5.54. The Kier molecular flexibility index (Phi) is 5.23. The average molecular weight is 386 g/mol. The molecule has 0 spiro atoms. The van der Waals surface area contributed by atoms with Gasteiger partial charge in [-0.1, -0.05) is 44.2 Å². The van der Waals surface area contributed by atoms with E-state index in [9.17, 15) is 0 Å². The predicted octanol–water partition coefficient (Wildman–Crippen LogP) is 2.47. The van der Waals surface area contributed by atoms with Crippen LogP contribution in [0.15, 0.2) is 35.4 Å². The molecule has 3 atom stereocenters. The van der Waals surface area contributed by atoms with Crippen LogP contribution in [0.2, 0.25) is 0 Å². The molecule has 5 rings (SSSR count). The number of nitrogens with zero attached hydrogens (tertiary/aromatic N) is 3. The van der Waals surface area contributed by atoms with Crippen LogP contribution in [0.5, 0.6) is 0 Å². The van der Waals surface area contributed by atoms with Gasteiger partial charge in [0, 0.05) is 50.6 Å². The van der Waals surface area contributed by atoms with Crippen LogP contribution in [-0.4, -0.2) is 59.9 Å². The third-order valence-corrected chi connectivity index (χ3v) is 6.84. The van der Waals surface area contributed by atoms with Crippen molar-refractivity contribution in [3.8, 4) is 0 Å². The van der Waals surface area contributed by atoms with E-state index >= 15 is 0 Å². The molecule has 4 heterocycles. The number of benzene rings is 1. The lowest BCUT2D eigenvalue weighted by molar-refractivity contribution is 0.0828. The van der Waals surface area contributed by atoms with Gasteiger partial charge in [-0.05, 0) is 30.6 Å². The molecule has 6 heteroatoms. The van der Waals surface area contributed by atoms with Gasteiger partial charge in [-0.2, -0.15) is 5.10 Å². The summed E-state index contributed by atoms with van der Waals surface area (Å²) >= 11 is 5.54. The first kappa shape index (κ1) is 18.8. The molecular weight excluding hydrogens is 354 g/mol. The van der Waals surface area contributed by atoms with Crippen LogP contribution < -0.4 is 10.7 Å². The fourth-order valence-electron chi connectivity index (χ4n) is 5.05. The molecule has 2 N–H and O–H groups in total. The van der Waals surface area contributed by atoms with Crippen LogP contribution >= 0.6 is 12.2 Å². The first-order chi connectivity index (χ1) is 13.0. The molecule has 0 saturated carbocycles. The van der Waals surface area contributed by atoms with Gasteiger partial charge in [-0.15, -0.1) is 0 Å². The Morgan fingerprint density at radius 1 is 1.11 bits per heavy atom. The van der Waals surface area contributed by atoms with E-state index in [-0.39, 0.29) is 11.5 Å². The highest BCUT2D eigenvalue weighted by molar-refractivity contribution is 7.80. The minimum Gasteiger partial charge on any atom is -0.355 e. The lowest BCUT2D eigenvalue weighted by Gasteiger charge is -2.52. The van der Waals surface area contributed by atoms with E-state index in [1.165, 1.54) is 24.4 Å². The van der Waals surface area contributed by atoms with E-state index < -0.39 is 0 Å². The van der Waals surface area contributed by atoms with Crippen LogP contribution in [0.4, 0.5) is 0 Å². The van der Waals surface area contributed by atoms with Crippen molar-refractivity contribution in [2.24, 2.45) is 22.4 Å². The summed E-state index contributed by atoms with van der Waals surface area (Å²) in [6.45, 7) is 13.7. The Morgan fingerprint density at radius 3 is 2.33 bits per heavy atom. The molecule has 5 nitrogen and oxygen atoms in total. The highest BCUT2D eigenvalue weighted by atomic mass is 32.1. The van der Waals surface area contributed by atoms with E-state index in [0.29, 0.717) is 16.9 Å². The Hall–Kier alpha value is -1.50. The predicted molar refractivity (Wildman–Crippen MR) is 115 cm³/mol. The molecule has 0 aliphatic carbocycles. The van der Waals surface area contributed by atoms with E-state index in [4.69, 9.17) is 17.3 Å². The van der Waals surface area contributed by atoms with Gasteiger partial charge >= 0.3 is 0 Å². The lowest BCUT2D eigenvalue weighted by Crippen LogP contribution is -2.63. The summed E-state index contributed by atoms with van der Waals surface area (Å²) < 4.78 is 0. The van der Waals surface area contributed by atoms with E-state index in [2.05, 4.69) is 65.6 Å². The number of hydrogen-bond acceptors (Lipinski definition) is 4. The average Bonchev–Trinajstić information content (AvgIpc) is 2.90. The SMILES string of the molecule is CC(NC(=S)NN=C1C2CN3CCN(C2)CC1(C(C)C)C3)c1ccccc1. The lowest BCUT2D eigenvalue weighted by atomic mass is 9.64. The highest BCUT2D eigenvalue weighted by Gasteiger charge is 2.53. The molecule has 4 aliphatic rings.